The maximum absolute atomic E-state index is 13.7. The molecule has 0 saturated carbocycles. The van der Waals surface area contributed by atoms with Crippen molar-refractivity contribution in [3.63, 3.8) is 0 Å². The van der Waals surface area contributed by atoms with E-state index in [-0.39, 0.29) is 5.25 Å². The number of thioether (sulfide) groups is 1. The van der Waals surface area contributed by atoms with Gasteiger partial charge in [-0.05, 0) is 44.0 Å². The molecule has 2 aromatic carbocycles. The second-order valence-corrected chi connectivity index (χ2v) is 10.1. The summed E-state index contributed by atoms with van der Waals surface area (Å²) in [5.74, 6) is 0.565. The van der Waals surface area contributed by atoms with Crippen molar-refractivity contribution in [3.8, 4) is 11.3 Å². The average Bonchev–Trinajstić information content (AvgIpc) is 3.13. The lowest BCUT2D eigenvalue weighted by Gasteiger charge is -2.34. The minimum absolute atomic E-state index is 0.227. The summed E-state index contributed by atoms with van der Waals surface area (Å²) in [6.07, 6.45) is 0.904. The molecule has 1 aliphatic rings. The summed E-state index contributed by atoms with van der Waals surface area (Å²) in [5, 5.41) is 4.14. The van der Waals surface area contributed by atoms with Crippen LogP contribution in [0.25, 0.3) is 11.3 Å². The Morgan fingerprint density at radius 3 is 2.68 bits per heavy atom. The SMILES string of the molecule is CC[C@H]1CN(S(=O)(=O)c2cc(-c3cc(C)no3)ccc2C)c2ccccc2S1. The highest BCUT2D eigenvalue weighted by Gasteiger charge is 2.34. The molecular weight excluding hydrogens is 392 g/mol. The molecular formula is C21H22N2O3S2. The van der Waals surface area contributed by atoms with E-state index in [9.17, 15) is 8.42 Å². The Morgan fingerprint density at radius 1 is 1.18 bits per heavy atom. The highest BCUT2D eigenvalue weighted by atomic mass is 32.2. The van der Waals surface area contributed by atoms with E-state index >= 15 is 0 Å². The van der Waals surface area contributed by atoms with E-state index in [1.54, 1.807) is 28.2 Å². The quantitative estimate of drug-likeness (QED) is 0.599. The molecule has 146 valence electrons. The van der Waals surface area contributed by atoms with Crippen LogP contribution >= 0.6 is 11.8 Å². The molecule has 0 fully saturated rings. The van der Waals surface area contributed by atoms with Gasteiger partial charge in [-0.15, -0.1) is 11.8 Å². The molecule has 0 unspecified atom stereocenters. The molecule has 1 atom stereocenters. The first-order valence-corrected chi connectivity index (χ1v) is 11.5. The molecule has 0 bridgehead atoms. The van der Waals surface area contributed by atoms with Crippen LogP contribution in [0.4, 0.5) is 5.69 Å². The number of aromatic nitrogens is 1. The van der Waals surface area contributed by atoms with Crippen molar-refractivity contribution in [2.75, 3.05) is 10.8 Å². The smallest absolute Gasteiger partial charge is 0.264 e. The first kappa shape index (κ1) is 19.1. The average molecular weight is 415 g/mol. The van der Waals surface area contributed by atoms with E-state index in [1.807, 2.05) is 50.2 Å². The van der Waals surface area contributed by atoms with Gasteiger partial charge in [0.1, 0.15) is 0 Å². The Balaban J connectivity index is 1.82. The Hall–Kier alpha value is -2.25. The fourth-order valence-corrected chi connectivity index (χ4v) is 6.49. The predicted octanol–water partition coefficient (Wildman–Crippen LogP) is 5.04. The van der Waals surface area contributed by atoms with E-state index in [2.05, 4.69) is 12.1 Å². The van der Waals surface area contributed by atoms with Crippen LogP contribution in [0.5, 0.6) is 0 Å². The molecule has 5 nitrogen and oxygen atoms in total. The van der Waals surface area contributed by atoms with E-state index in [1.165, 1.54) is 0 Å². The fourth-order valence-electron chi connectivity index (χ4n) is 3.35. The molecule has 7 heteroatoms. The van der Waals surface area contributed by atoms with Crippen molar-refractivity contribution in [2.24, 2.45) is 0 Å². The topological polar surface area (TPSA) is 63.4 Å². The largest absolute Gasteiger partial charge is 0.356 e. The molecule has 1 aromatic heterocycles. The van der Waals surface area contributed by atoms with Gasteiger partial charge in [-0.2, -0.15) is 0 Å². The first-order valence-electron chi connectivity index (χ1n) is 9.23. The normalized spacial score (nSPS) is 16.8. The number of fused-ring (bicyclic) bond motifs is 1. The molecule has 1 aliphatic heterocycles. The van der Waals surface area contributed by atoms with Gasteiger partial charge in [0.15, 0.2) is 5.76 Å². The molecule has 28 heavy (non-hydrogen) atoms. The maximum Gasteiger partial charge on any atom is 0.264 e. The third kappa shape index (κ3) is 3.33. The molecule has 0 spiro atoms. The summed E-state index contributed by atoms with van der Waals surface area (Å²) < 4.78 is 34.3. The van der Waals surface area contributed by atoms with Gasteiger partial charge < -0.3 is 4.52 Å². The lowest BCUT2D eigenvalue weighted by Crippen LogP contribution is -2.39. The Kier molecular flexibility index (Phi) is 4.97. The zero-order valence-electron chi connectivity index (χ0n) is 16.0. The van der Waals surface area contributed by atoms with Gasteiger partial charge in [0.2, 0.25) is 0 Å². The van der Waals surface area contributed by atoms with E-state index < -0.39 is 10.0 Å². The number of anilines is 1. The monoisotopic (exact) mass is 414 g/mol. The number of aryl methyl sites for hydroxylation is 2. The van der Waals surface area contributed by atoms with Crippen LogP contribution in [-0.2, 0) is 10.0 Å². The van der Waals surface area contributed by atoms with Gasteiger partial charge in [-0.25, -0.2) is 8.42 Å². The molecule has 0 aliphatic carbocycles. The molecule has 0 amide bonds. The molecule has 4 rings (SSSR count). The van der Waals surface area contributed by atoms with E-state index in [0.717, 1.165) is 22.7 Å². The standard InChI is InChI=1S/C21H22N2O3S2/c1-4-17-13-23(18-7-5-6-8-20(18)27-17)28(24,25)21-12-16(10-9-14(21)2)19-11-15(3)22-26-19/h5-12,17H,4,13H2,1-3H3/t17-/m0/s1. The van der Waals surface area contributed by atoms with Crippen LogP contribution < -0.4 is 4.31 Å². The minimum Gasteiger partial charge on any atom is -0.356 e. The molecule has 2 heterocycles. The summed E-state index contributed by atoms with van der Waals surface area (Å²) in [4.78, 5) is 1.31. The molecule has 0 saturated heterocycles. The minimum atomic E-state index is -3.71. The van der Waals surface area contributed by atoms with Crippen LogP contribution in [0, 0.1) is 13.8 Å². The third-order valence-electron chi connectivity index (χ3n) is 4.92. The van der Waals surface area contributed by atoms with Crippen LogP contribution in [0.2, 0.25) is 0 Å². The first-order chi connectivity index (χ1) is 13.4. The van der Waals surface area contributed by atoms with Crippen LogP contribution in [0.3, 0.4) is 0 Å². The Labute approximate surface area is 169 Å². The predicted molar refractivity (Wildman–Crippen MR) is 112 cm³/mol. The van der Waals surface area contributed by atoms with Crippen LogP contribution in [-0.4, -0.2) is 25.4 Å². The van der Waals surface area contributed by atoms with Crippen LogP contribution in [0.1, 0.15) is 24.6 Å². The van der Waals surface area contributed by atoms with Gasteiger partial charge in [-0.3, -0.25) is 4.31 Å². The van der Waals surface area contributed by atoms with Crippen molar-refractivity contribution in [3.05, 3.63) is 59.8 Å². The third-order valence-corrected chi connectivity index (χ3v) is 8.26. The van der Waals surface area contributed by atoms with Crippen molar-refractivity contribution in [2.45, 2.75) is 42.2 Å². The van der Waals surface area contributed by atoms with Crippen molar-refractivity contribution < 1.29 is 12.9 Å². The van der Waals surface area contributed by atoms with Gasteiger partial charge >= 0.3 is 0 Å². The van der Waals surface area contributed by atoms with E-state index in [0.29, 0.717) is 28.3 Å². The second kappa shape index (κ2) is 7.29. The summed E-state index contributed by atoms with van der Waals surface area (Å²) in [5.41, 5.74) is 2.92. The van der Waals surface area contributed by atoms with Gasteiger partial charge in [0.25, 0.3) is 10.0 Å². The lowest BCUT2D eigenvalue weighted by atomic mass is 10.1. The summed E-state index contributed by atoms with van der Waals surface area (Å²) >= 11 is 1.75. The van der Waals surface area contributed by atoms with Gasteiger partial charge in [-0.1, -0.05) is 36.3 Å². The second-order valence-electron chi connectivity index (χ2n) is 6.96. The van der Waals surface area contributed by atoms with Crippen molar-refractivity contribution in [1.82, 2.24) is 5.16 Å². The number of sulfonamides is 1. The maximum atomic E-state index is 13.7. The summed E-state index contributed by atoms with van der Waals surface area (Å²) in [7, 11) is -3.71. The summed E-state index contributed by atoms with van der Waals surface area (Å²) in [6, 6.07) is 14.9. The number of para-hydroxylation sites is 1. The zero-order chi connectivity index (χ0) is 19.9. The zero-order valence-corrected chi connectivity index (χ0v) is 17.7. The fraction of sp³-hybridized carbons (Fsp3) is 0.286. The Bertz CT molecular complexity index is 1120. The van der Waals surface area contributed by atoms with Gasteiger partial charge in [0, 0.05) is 28.3 Å². The van der Waals surface area contributed by atoms with Crippen molar-refractivity contribution in [1.29, 1.82) is 0 Å². The Morgan fingerprint density at radius 2 is 1.96 bits per heavy atom. The van der Waals surface area contributed by atoms with Gasteiger partial charge in [0.05, 0.1) is 16.3 Å². The number of rotatable bonds is 4. The lowest BCUT2D eigenvalue weighted by molar-refractivity contribution is 0.427. The molecule has 3 aromatic rings. The van der Waals surface area contributed by atoms with E-state index in [4.69, 9.17) is 4.52 Å². The molecule has 0 radical (unpaired) electrons. The van der Waals surface area contributed by atoms with Crippen LogP contribution in [0.15, 0.2) is 62.8 Å². The highest BCUT2D eigenvalue weighted by Crippen LogP contribution is 2.42. The molecule has 0 N–H and O–H groups in total. The number of benzene rings is 2. The number of hydrogen-bond acceptors (Lipinski definition) is 5. The highest BCUT2D eigenvalue weighted by molar-refractivity contribution is 8.00. The summed E-state index contributed by atoms with van der Waals surface area (Å²) in [6.45, 7) is 6.22. The number of nitrogens with zero attached hydrogens (tertiary/aromatic N) is 2. The van der Waals surface area contributed by atoms with Crippen molar-refractivity contribution >= 4 is 27.5 Å². The number of hydrogen-bond donors (Lipinski definition) is 0.